The average Bonchev–Trinajstić information content (AvgIpc) is 3.28. The van der Waals surface area contributed by atoms with E-state index < -0.39 is 6.61 Å². The summed E-state index contributed by atoms with van der Waals surface area (Å²) in [4.78, 5) is 18.4. The van der Waals surface area contributed by atoms with Gasteiger partial charge in [0.2, 0.25) is 0 Å². The fraction of sp³-hybridized carbons (Fsp3) is 0.367. The quantitative estimate of drug-likeness (QED) is 0.151. The van der Waals surface area contributed by atoms with Gasteiger partial charge in [-0.3, -0.25) is 4.79 Å². The number of unbranched alkanes of at least 4 members (excludes halogenated alkanes) is 1. The lowest BCUT2D eigenvalue weighted by Gasteiger charge is -2.24. The van der Waals surface area contributed by atoms with Crippen molar-refractivity contribution in [3.05, 3.63) is 70.1 Å². The van der Waals surface area contributed by atoms with Crippen LogP contribution in [0.2, 0.25) is 5.02 Å². The summed E-state index contributed by atoms with van der Waals surface area (Å²) >= 11 is 7.88. The van der Waals surface area contributed by atoms with E-state index in [1.54, 1.807) is 17.0 Å². The summed E-state index contributed by atoms with van der Waals surface area (Å²) in [5, 5.41) is 2.59. The molecular formula is C30H33ClF2N2O3S. The molecule has 1 heterocycles. The van der Waals surface area contributed by atoms with E-state index in [9.17, 15) is 13.6 Å². The van der Waals surface area contributed by atoms with Crippen molar-refractivity contribution in [3.8, 4) is 11.5 Å². The van der Waals surface area contributed by atoms with Crippen LogP contribution >= 0.6 is 22.9 Å². The first-order chi connectivity index (χ1) is 18.9. The van der Waals surface area contributed by atoms with Gasteiger partial charge in [-0.1, -0.05) is 61.8 Å². The van der Waals surface area contributed by atoms with Crippen molar-refractivity contribution in [2.45, 2.75) is 39.8 Å². The van der Waals surface area contributed by atoms with E-state index >= 15 is 0 Å². The molecule has 39 heavy (non-hydrogen) atoms. The van der Waals surface area contributed by atoms with Crippen LogP contribution in [0.15, 0.2) is 54.6 Å². The van der Waals surface area contributed by atoms with E-state index in [0.717, 1.165) is 48.8 Å². The molecule has 0 aliphatic carbocycles. The van der Waals surface area contributed by atoms with Gasteiger partial charge in [0.25, 0.3) is 5.91 Å². The fourth-order valence-corrected chi connectivity index (χ4v) is 6.24. The molecule has 0 N–H and O–H groups in total. The van der Waals surface area contributed by atoms with Gasteiger partial charge in [0.1, 0.15) is 4.88 Å². The van der Waals surface area contributed by atoms with Crippen molar-refractivity contribution in [2.24, 2.45) is 0 Å². The number of carbonyl (C=O) groups is 1. The minimum Gasteiger partial charge on any atom is -0.493 e. The van der Waals surface area contributed by atoms with Gasteiger partial charge >= 0.3 is 6.61 Å². The summed E-state index contributed by atoms with van der Waals surface area (Å²) in [5.74, 6) is -0.268. The minimum atomic E-state index is -3.06. The average molecular weight is 575 g/mol. The zero-order chi connectivity index (χ0) is 27.9. The monoisotopic (exact) mass is 574 g/mol. The second-order valence-electron chi connectivity index (χ2n) is 9.24. The smallest absolute Gasteiger partial charge is 0.387 e. The molecule has 0 unspecified atom stereocenters. The number of ether oxygens (including phenoxy) is 2. The van der Waals surface area contributed by atoms with E-state index in [1.807, 2.05) is 18.2 Å². The fourth-order valence-electron chi connectivity index (χ4n) is 4.74. The van der Waals surface area contributed by atoms with Crippen molar-refractivity contribution in [3.63, 3.8) is 0 Å². The van der Waals surface area contributed by atoms with Crippen LogP contribution in [0, 0.1) is 0 Å². The summed E-state index contributed by atoms with van der Waals surface area (Å²) in [6.07, 6.45) is 1.78. The third-order valence-electron chi connectivity index (χ3n) is 6.86. The van der Waals surface area contributed by atoms with Crippen LogP contribution in [0.3, 0.4) is 0 Å². The predicted octanol–water partition coefficient (Wildman–Crippen LogP) is 8.08. The summed E-state index contributed by atoms with van der Waals surface area (Å²) in [7, 11) is 1.37. The van der Waals surface area contributed by atoms with E-state index in [2.05, 4.69) is 43.0 Å². The largest absolute Gasteiger partial charge is 0.493 e. The third-order valence-corrected chi connectivity index (χ3v) is 8.49. The topological polar surface area (TPSA) is 42.0 Å². The van der Waals surface area contributed by atoms with E-state index in [1.165, 1.54) is 18.4 Å². The Balaban J connectivity index is 1.66. The summed E-state index contributed by atoms with van der Waals surface area (Å²) in [6.45, 7) is 5.11. The molecule has 208 valence electrons. The van der Waals surface area contributed by atoms with Gasteiger partial charge in [-0.05, 0) is 67.0 Å². The van der Waals surface area contributed by atoms with Crippen molar-refractivity contribution in [1.82, 2.24) is 9.80 Å². The van der Waals surface area contributed by atoms with Crippen LogP contribution in [0.5, 0.6) is 11.5 Å². The van der Waals surface area contributed by atoms with Gasteiger partial charge in [-0.25, -0.2) is 0 Å². The lowest BCUT2D eigenvalue weighted by Crippen LogP contribution is -2.32. The second kappa shape index (κ2) is 13.4. The number of carbonyl (C=O) groups excluding carboxylic acids is 1. The number of rotatable bonds is 13. The molecule has 0 saturated heterocycles. The first-order valence-corrected chi connectivity index (χ1v) is 14.3. The summed E-state index contributed by atoms with van der Waals surface area (Å²) < 4.78 is 37.0. The lowest BCUT2D eigenvalue weighted by atomic mass is 10.1. The number of fused-ring (bicyclic) bond motifs is 2. The zero-order valence-corrected chi connectivity index (χ0v) is 24.0. The second-order valence-corrected chi connectivity index (χ2v) is 10.7. The molecule has 1 aromatic heterocycles. The predicted molar refractivity (Wildman–Crippen MR) is 156 cm³/mol. The molecule has 0 radical (unpaired) electrons. The molecule has 0 aliphatic rings. The number of benzene rings is 3. The lowest BCUT2D eigenvalue weighted by molar-refractivity contribution is -0.0501. The Morgan fingerprint density at radius 2 is 1.72 bits per heavy atom. The van der Waals surface area contributed by atoms with Crippen LogP contribution in [0.25, 0.3) is 20.9 Å². The molecular weight excluding hydrogens is 542 g/mol. The van der Waals surface area contributed by atoms with Gasteiger partial charge in [-0.15, -0.1) is 11.3 Å². The maximum atomic E-state index is 14.0. The molecule has 0 fully saturated rings. The minimum absolute atomic E-state index is 0.0983. The van der Waals surface area contributed by atoms with Crippen molar-refractivity contribution >= 4 is 49.7 Å². The van der Waals surface area contributed by atoms with Gasteiger partial charge in [0.05, 0.1) is 17.5 Å². The van der Waals surface area contributed by atoms with E-state index in [-0.39, 0.29) is 27.8 Å². The Labute approximate surface area is 236 Å². The van der Waals surface area contributed by atoms with Gasteiger partial charge in [-0.2, -0.15) is 8.78 Å². The number of alkyl halides is 2. The highest BCUT2D eigenvalue weighted by Crippen LogP contribution is 2.46. The van der Waals surface area contributed by atoms with Crippen LogP contribution < -0.4 is 9.47 Å². The molecule has 3 aromatic carbocycles. The summed E-state index contributed by atoms with van der Waals surface area (Å²) in [6, 6.07) is 17.5. The first-order valence-electron chi connectivity index (χ1n) is 13.1. The van der Waals surface area contributed by atoms with Crippen molar-refractivity contribution < 1.29 is 23.0 Å². The van der Waals surface area contributed by atoms with Crippen LogP contribution in [-0.2, 0) is 6.54 Å². The number of methoxy groups -OCH3 is 1. The maximum Gasteiger partial charge on any atom is 0.387 e. The molecule has 0 saturated carbocycles. The van der Waals surface area contributed by atoms with Gasteiger partial charge in [0.15, 0.2) is 11.5 Å². The number of hydrogen-bond donors (Lipinski definition) is 0. The number of nitrogens with zero attached hydrogens (tertiary/aromatic N) is 2. The standard InChI is InChI=1S/C30H33ClF2N2O3S/c1-4-34(5-2)16-8-9-17-35(19-20-12-13-21-10-6-7-11-22(21)18-20)29(36)28-26(31)25-24(39-28)15-14-23(37-3)27(25)38-30(32)33/h6-7,10-15,18,30H,4-5,8-9,16-17,19H2,1-3H3. The highest BCUT2D eigenvalue weighted by Gasteiger charge is 2.27. The molecule has 1 amide bonds. The Morgan fingerprint density at radius 1 is 1.00 bits per heavy atom. The maximum absolute atomic E-state index is 14.0. The SMILES string of the molecule is CCN(CC)CCCCN(Cc1ccc2ccccc2c1)C(=O)c1sc2ccc(OC)c(OC(F)F)c2c1Cl. The Kier molecular flexibility index (Phi) is 9.99. The van der Waals surface area contributed by atoms with Gasteiger partial charge < -0.3 is 19.3 Å². The van der Waals surface area contributed by atoms with Crippen LogP contribution in [0.4, 0.5) is 8.78 Å². The molecule has 0 spiro atoms. The highest BCUT2D eigenvalue weighted by atomic mass is 35.5. The van der Waals surface area contributed by atoms with E-state index in [0.29, 0.717) is 22.7 Å². The summed E-state index contributed by atoms with van der Waals surface area (Å²) in [5.41, 5.74) is 1.01. The molecule has 4 aromatic rings. The number of amides is 1. The van der Waals surface area contributed by atoms with Crippen molar-refractivity contribution in [1.29, 1.82) is 0 Å². The van der Waals surface area contributed by atoms with E-state index in [4.69, 9.17) is 21.1 Å². The van der Waals surface area contributed by atoms with Crippen molar-refractivity contribution in [2.75, 3.05) is 33.3 Å². The number of halogens is 3. The van der Waals surface area contributed by atoms with Gasteiger partial charge in [0, 0.05) is 17.8 Å². The van der Waals surface area contributed by atoms with Crippen LogP contribution in [0.1, 0.15) is 41.9 Å². The third kappa shape index (κ3) is 6.80. The molecule has 4 rings (SSSR count). The zero-order valence-electron chi connectivity index (χ0n) is 22.4. The Hall–Kier alpha value is -2.94. The normalized spacial score (nSPS) is 11.6. The molecule has 0 aliphatic heterocycles. The highest BCUT2D eigenvalue weighted by molar-refractivity contribution is 7.21. The molecule has 9 heteroatoms. The molecule has 0 atom stereocenters. The number of hydrogen-bond acceptors (Lipinski definition) is 5. The van der Waals surface area contributed by atoms with Crippen LogP contribution in [-0.4, -0.2) is 55.6 Å². The number of thiophene rings is 1. The molecule has 0 bridgehead atoms. The first kappa shape index (κ1) is 29.1. The molecule has 5 nitrogen and oxygen atoms in total. The Morgan fingerprint density at radius 3 is 2.41 bits per heavy atom. The Bertz CT molecular complexity index is 1420.